The van der Waals surface area contributed by atoms with E-state index in [-0.39, 0.29) is 12.0 Å². The summed E-state index contributed by atoms with van der Waals surface area (Å²) >= 11 is 0. The maximum atomic E-state index is 12.5. The minimum atomic E-state index is -0.775. The predicted molar refractivity (Wildman–Crippen MR) is 104 cm³/mol. The second-order valence-electron chi connectivity index (χ2n) is 7.58. The summed E-state index contributed by atoms with van der Waals surface area (Å²) in [6.07, 6.45) is 4.79. The summed E-state index contributed by atoms with van der Waals surface area (Å²) in [5, 5.41) is 13.1. The lowest BCUT2D eigenvalue weighted by Gasteiger charge is -2.34. The number of rotatable bonds is 7. The molecule has 0 aromatic heterocycles. The molecule has 1 amide bonds. The fourth-order valence-electron chi connectivity index (χ4n) is 3.87. The van der Waals surface area contributed by atoms with Crippen LogP contribution in [0, 0.1) is 0 Å². The third-order valence-corrected chi connectivity index (χ3v) is 5.57. The second-order valence-corrected chi connectivity index (χ2v) is 7.58. The van der Waals surface area contributed by atoms with Crippen LogP contribution in [0.1, 0.15) is 44.1 Å². The lowest BCUT2D eigenvalue weighted by molar-refractivity contribution is -0.158. The largest absolute Gasteiger partial charge is 0.497 e. The van der Waals surface area contributed by atoms with Gasteiger partial charge in [-0.05, 0) is 62.9 Å². The summed E-state index contributed by atoms with van der Waals surface area (Å²) in [6.45, 7) is 3.76. The van der Waals surface area contributed by atoms with Gasteiger partial charge in [-0.2, -0.15) is 0 Å². The molecular formula is C21H32N2O4. The Morgan fingerprint density at radius 3 is 2.67 bits per heavy atom. The van der Waals surface area contributed by atoms with Crippen LogP contribution in [0.25, 0.3) is 0 Å². The van der Waals surface area contributed by atoms with Gasteiger partial charge >= 0.3 is 0 Å². The number of nitrogens with zero attached hydrogens (tertiary/aromatic N) is 1. The Balaban J connectivity index is 1.45. The molecule has 1 aromatic carbocycles. The van der Waals surface area contributed by atoms with Crippen molar-refractivity contribution in [2.24, 2.45) is 0 Å². The number of nitrogens with one attached hydrogen (secondary N) is 1. The van der Waals surface area contributed by atoms with E-state index < -0.39 is 12.2 Å². The van der Waals surface area contributed by atoms with Crippen molar-refractivity contribution in [3.8, 4) is 5.75 Å². The first-order valence-corrected chi connectivity index (χ1v) is 10.1. The molecule has 0 radical (unpaired) electrons. The van der Waals surface area contributed by atoms with E-state index in [1.807, 2.05) is 24.3 Å². The lowest BCUT2D eigenvalue weighted by atomic mass is 9.98. The van der Waals surface area contributed by atoms with Crippen LogP contribution in [-0.4, -0.2) is 61.0 Å². The van der Waals surface area contributed by atoms with Crippen LogP contribution in [0.15, 0.2) is 24.3 Å². The number of benzene rings is 1. The van der Waals surface area contributed by atoms with E-state index in [1.165, 1.54) is 32.4 Å². The molecule has 3 rings (SSSR count). The maximum absolute atomic E-state index is 12.5. The Kier molecular flexibility index (Phi) is 7.50. The average molecular weight is 376 g/mol. The molecule has 2 saturated heterocycles. The van der Waals surface area contributed by atoms with E-state index in [0.29, 0.717) is 13.0 Å². The van der Waals surface area contributed by atoms with Gasteiger partial charge in [0.2, 0.25) is 0 Å². The van der Waals surface area contributed by atoms with E-state index in [4.69, 9.17) is 9.47 Å². The first-order chi connectivity index (χ1) is 13.2. The van der Waals surface area contributed by atoms with Gasteiger partial charge in [-0.15, -0.1) is 0 Å². The van der Waals surface area contributed by atoms with E-state index in [9.17, 15) is 9.90 Å². The number of ether oxygens (including phenoxy) is 2. The van der Waals surface area contributed by atoms with Crippen LogP contribution in [0.5, 0.6) is 5.75 Å². The molecule has 0 aliphatic carbocycles. The number of carbonyl (C=O) groups excluding carboxylic acids is 1. The monoisotopic (exact) mass is 376 g/mol. The maximum Gasteiger partial charge on any atom is 0.252 e. The van der Waals surface area contributed by atoms with Gasteiger partial charge in [0, 0.05) is 13.1 Å². The number of hydrogen-bond donors (Lipinski definition) is 2. The second kappa shape index (κ2) is 10.1. The van der Waals surface area contributed by atoms with Gasteiger partial charge in [-0.25, -0.2) is 0 Å². The molecule has 0 spiro atoms. The summed E-state index contributed by atoms with van der Waals surface area (Å²) in [5.41, 5.74) is 0.982. The normalized spacial score (nSPS) is 26.5. The zero-order chi connectivity index (χ0) is 19.1. The van der Waals surface area contributed by atoms with E-state index >= 15 is 0 Å². The van der Waals surface area contributed by atoms with E-state index in [0.717, 1.165) is 30.7 Å². The molecule has 150 valence electrons. The number of hydrogen-bond acceptors (Lipinski definition) is 5. The number of piperidine rings is 1. The van der Waals surface area contributed by atoms with Crippen molar-refractivity contribution >= 4 is 5.91 Å². The zero-order valence-corrected chi connectivity index (χ0v) is 16.2. The third-order valence-electron chi connectivity index (χ3n) is 5.57. The Bertz CT molecular complexity index is 586. The van der Waals surface area contributed by atoms with Gasteiger partial charge in [-0.3, -0.25) is 4.79 Å². The topological polar surface area (TPSA) is 71.0 Å². The summed E-state index contributed by atoms with van der Waals surface area (Å²) in [6, 6.07) is 7.56. The molecule has 2 N–H and O–H groups in total. The fourth-order valence-corrected chi connectivity index (χ4v) is 3.87. The number of methoxy groups -OCH3 is 1. The number of aliphatic hydroxyl groups excluding tert-OH is 1. The van der Waals surface area contributed by atoms with Crippen LogP contribution in [0.4, 0.5) is 0 Å². The molecule has 3 unspecified atom stereocenters. The Hall–Kier alpha value is -1.63. The van der Waals surface area contributed by atoms with Crippen molar-refractivity contribution in [1.82, 2.24) is 10.2 Å². The fraction of sp³-hybridized carbons (Fsp3) is 0.667. The molecule has 2 aliphatic heterocycles. The summed E-state index contributed by atoms with van der Waals surface area (Å²) in [5.74, 6) is 0.550. The minimum Gasteiger partial charge on any atom is -0.497 e. The Morgan fingerprint density at radius 1 is 1.22 bits per heavy atom. The summed E-state index contributed by atoms with van der Waals surface area (Å²) in [4.78, 5) is 15.0. The van der Waals surface area contributed by atoms with Crippen LogP contribution in [-0.2, 0) is 16.1 Å². The summed E-state index contributed by atoms with van der Waals surface area (Å²) < 4.78 is 11.1. The quantitative estimate of drug-likeness (QED) is 0.763. The summed E-state index contributed by atoms with van der Waals surface area (Å²) in [7, 11) is 1.63. The van der Waals surface area contributed by atoms with Crippen LogP contribution in [0.2, 0.25) is 0 Å². The van der Waals surface area contributed by atoms with Crippen molar-refractivity contribution in [2.75, 3.05) is 26.7 Å². The van der Waals surface area contributed by atoms with Crippen molar-refractivity contribution in [3.05, 3.63) is 29.8 Å². The molecule has 6 heteroatoms. The van der Waals surface area contributed by atoms with Crippen molar-refractivity contribution in [1.29, 1.82) is 0 Å². The highest BCUT2D eigenvalue weighted by Crippen LogP contribution is 2.23. The van der Waals surface area contributed by atoms with Gasteiger partial charge in [0.1, 0.15) is 5.75 Å². The highest BCUT2D eigenvalue weighted by atomic mass is 16.5. The number of amides is 1. The van der Waals surface area contributed by atoms with Gasteiger partial charge in [0.05, 0.1) is 19.3 Å². The highest BCUT2D eigenvalue weighted by molar-refractivity contribution is 5.81. The first kappa shape index (κ1) is 20.1. The van der Waals surface area contributed by atoms with Crippen molar-refractivity contribution in [3.63, 3.8) is 0 Å². The Morgan fingerprint density at radius 2 is 1.96 bits per heavy atom. The minimum absolute atomic E-state index is 0.0482. The SMILES string of the molecule is COc1ccc(CNC(=O)C2OC(CCN3CCCCC3)CCC2O)cc1. The molecule has 2 fully saturated rings. The smallest absolute Gasteiger partial charge is 0.252 e. The van der Waals surface area contributed by atoms with Gasteiger partial charge in [-0.1, -0.05) is 18.6 Å². The molecule has 6 nitrogen and oxygen atoms in total. The molecule has 2 heterocycles. The van der Waals surface area contributed by atoms with E-state index in [2.05, 4.69) is 10.2 Å². The van der Waals surface area contributed by atoms with E-state index in [1.54, 1.807) is 7.11 Å². The van der Waals surface area contributed by atoms with Crippen LogP contribution < -0.4 is 10.1 Å². The van der Waals surface area contributed by atoms with Crippen LogP contribution >= 0.6 is 0 Å². The third kappa shape index (κ3) is 5.92. The Labute approximate surface area is 161 Å². The molecule has 3 atom stereocenters. The number of likely N-dealkylation sites (tertiary alicyclic amines) is 1. The van der Waals surface area contributed by atoms with Crippen LogP contribution in [0.3, 0.4) is 0 Å². The standard InChI is InChI=1S/C21H32N2O4/c1-26-17-7-5-16(6-8-17)15-22-21(25)20-19(24)10-9-18(27-20)11-14-23-12-3-2-4-13-23/h5-8,18-20,24H,2-4,9-15H2,1H3,(H,22,25). The molecular weight excluding hydrogens is 344 g/mol. The van der Waals surface area contributed by atoms with Gasteiger partial charge < -0.3 is 24.8 Å². The molecule has 0 saturated carbocycles. The molecule has 2 aliphatic rings. The average Bonchev–Trinajstić information content (AvgIpc) is 2.72. The lowest BCUT2D eigenvalue weighted by Crippen LogP contribution is -2.49. The zero-order valence-electron chi connectivity index (χ0n) is 16.2. The molecule has 1 aromatic rings. The van der Waals surface area contributed by atoms with Crippen molar-refractivity contribution < 1.29 is 19.4 Å². The highest BCUT2D eigenvalue weighted by Gasteiger charge is 2.35. The molecule has 27 heavy (non-hydrogen) atoms. The number of aliphatic hydroxyl groups is 1. The predicted octanol–water partition coefficient (Wildman–Crippen LogP) is 2.10. The van der Waals surface area contributed by atoms with Gasteiger partial charge in [0.15, 0.2) is 6.10 Å². The van der Waals surface area contributed by atoms with Crippen molar-refractivity contribution in [2.45, 2.75) is 63.4 Å². The number of carbonyl (C=O) groups is 1. The van der Waals surface area contributed by atoms with Gasteiger partial charge in [0.25, 0.3) is 5.91 Å². The first-order valence-electron chi connectivity index (χ1n) is 10.1. The molecule has 0 bridgehead atoms.